The fourth-order valence-corrected chi connectivity index (χ4v) is 4.19. The smallest absolute Gasteiger partial charge is 0.429 e. The maximum absolute atomic E-state index is 15.0. The lowest BCUT2D eigenvalue weighted by molar-refractivity contribution is -0.187. The Kier molecular flexibility index (Phi) is 9.07. The third-order valence-corrected chi connectivity index (χ3v) is 6.12. The molecule has 0 N–H and O–H groups in total. The van der Waals surface area contributed by atoms with Crippen molar-refractivity contribution in [2.24, 2.45) is 0 Å². The van der Waals surface area contributed by atoms with Crippen LogP contribution in [0.2, 0.25) is 0 Å². The number of hydrogen-bond donors (Lipinski definition) is 0. The van der Waals surface area contributed by atoms with Crippen LogP contribution in [0.1, 0.15) is 24.5 Å². The average Bonchev–Trinajstić information content (AvgIpc) is 2.90. The minimum Gasteiger partial charge on any atom is -0.429 e. The highest BCUT2D eigenvalue weighted by Crippen LogP contribution is 2.38. The van der Waals surface area contributed by atoms with Crippen LogP contribution in [0.5, 0.6) is 11.5 Å². The Bertz CT molecular complexity index is 1620. The highest BCUT2D eigenvalue weighted by Gasteiger charge is 2.39. The Labute approximate surface area is 238 Å². The van der Waals surface area contributed by atoms with Crippen LogP contribution < -0.4 is 9.47 Å². The number of benzene rings is 4. The molecule has 12 heteroatoms. The third kappa shape index (κ3) is 7.49. The average molecular weight is 614 g/mol. The summed E-state index contributed by atoms with van der Waals surface area (Å²) in [7, 11) is 0. The van der Waals surface area contributed by atoms with E-state index in [9.17, 15) is 43.9 Å². The molecule has 4 aromatic rings. The van der Waals surface area contributed by atoms with Crippen LogP contribution in [-0.2, 0) is 12.5 Å². The Hall–Kier alpha value is -4.48. The van der Waals surface area contributed by atoms with Crippen molar-refractivity contribution in [2.75, 3.05) is 0 Å². The molecule has 0 radical (unpaired) electrons. The molecular weight excluding hydrogens is 594 g/mol. The zero-order chi connectivity index (χ0) is 31.5. The summed E-state index contributed by atoms with van der Waals surface area (Å²) < 4.78 is 146. The van der Waals surface area contributed by atoms with Crippen LogP contribution in [0.4, 0.5) is 43.9 Å². The van der Waals surface area contributed by atoms with E-state index in [2.05, 4.69) is 9.47 Å². The highest BCUT2D eigenvalue weighted by molar-refractivity contribution is 5.71. The predicted molar refractivity (Wildman–Crippen MR) is 138 cm³/mol. The first-order chi connectivity index (χ1) is 20.2. The van der Waals surface area contributed by atoms with E-state index in [1.165, 1.54) is 12.1 Å². The molecule has 226 valence electrons. The molecule has 0 aliphatic carbocycles. The van der Waals surface area contributed by atoms with Gasteiger partial charge in [-0.2, -0.15) is 26.3 Å². The zero-order valence-corrected chi connectivity index (χ0v) is 22.0. The highest BCUT2D eigenvalue weighted by atomic mass is 19.3. The summed E-state index contributed by atoms with van der Waals surface area (Å²) in [5.41, 5.74) is 0.794. The summed E-state index contributed by atoms with van der Waals surface area (Å²) in [6, 6.07) is 13.8. The second-order valence-electron chi connectivity index (χ2n) is 9.27. The van der Waals surface area contributed by atoms with Crippen molar-refractivity contribution >= 4 is 0 Å². The molecule has 0 fully saturated rings. The second kappa shape index (κ2) is 12.4. The molecule has 0 spiro atoms. The molecule has 0 aromatic heterocycles. The third-order valence-electron chi connectivity index (χ3n) is 6.12. The summed E-state index contributed by atoms with van der Waals surface area (Å²) in [5.74, 6) is -9.42. The van der Waals surface area contributed by atoms with Crippen molar-refractivity contribution in [1.82, 2.24) is 0 Å². The molecule has 0 saturated heterocycles. The van der Waals surface area contributed by atoms with Gasteiger partial charge in [-0.25, -0.2) is 17.6 Å². The monoisotopic (exact) mass is 614 g/mol. The second-order valence-corrected chi connectivity index (χ2v) is 9.27. The lowest BCUT2D eigenvalue weighted by Crippen LogP contribution is -2.25. The van der Waals surface area contributed by atoms with Gasteiger partial charge in [0.25, 0.3) is 6.08 Å². The molecule has 0 saturated carbocycles. The van der Waals surface area contributed by atoms with Gasteiger partial charge in [-0.1, -0.05) is 55.8 Å². The number of alkyl halides is 4. The van der Waals surface area contributed by atoms with Crippen LogP contribution >= 0.6 is 0 Å². The van der Waals surface area contributed by atoms with Crippen molar-refractivity contribution in [3.05, 3.63) is 119 Å². The van der Waals surface area contributed by atoms with Crippen molar-refractivity contribution < 1.29 is 53.4 Å². The largest absolute Gasteiger partial charge is 0.429 e. The minimum atomic E-state index is -4.84. The van der Waals surface area contributed by atoms with Gasteiger partial charge in [0, 0.05) is 17.7 Å². The minimum absolute atomic E-state index is 0.0124. The molecule has 0 heterocycles. The van der Waals surface area contributed by atoms with Gasteiger partial charge >= 0.3 is 12.2 Å². The van der Waals surface area contributed by atoms with Gasteiger partial charge in [0.2, 0.25) is 0 Å². The van der Waals surface area contributed by atoms with E-state index in [-0.39, 0.29) is 23.3 Å². The predicted octanol–water partition coefficient (Wildman–Crippen LogP) is 10.4. The molecule has 0 aliphatic rings. The van der Waals surface area contributed by atoms with Gasteiger partial charge in [-0.15, -0.1) is 0 Å². The van der Waals surface area contributed by atoms with Gasteiger partial charge in [-0.3, -0.25) is 0 Å². The molecule has 4 aromatic carbocycles. The molecule has 0 aliphatic heterocycles. The van der Waals surface area contributed by atoms with Crippen LogP contribution in [0, 0.1) is 23.3 Å². The maximum Gasteiger partial charge on any atom is 0.429 e. The van der Waals surface area contributed by atoms with Crippen LogP contribution in [0.15, 0.2) is 85.0 Å². The summed E-state index contributed by atoms with van der Waals surface area (Å²) in [4.78, 5) is 0. The van der Waals surface area contributed by atoms with Gasteiger partial charge in [0.05, 0.1) is 11.6 Å². The topological polar surface area (TPSA) is 18.5 Å². The van der Waals surface area contributed by atoms with Crippen molar-refractivity contribution in [2.45, 2.75) is 32.0 Å². The van der Waals surface area contributed by atoms with Crippen LogP contribution in [0.25, 0.3) is 22.3 Å². The van der Waals surface area contributed by atoms with Gasteiger partial charge in [0.1, 0.15) is 17.4 Å². The Morgan fingerprint density at radius 3 is 1.81 bits per heavy atom. The fraction of sp³-hybridized carbons (Fsp3) is 0.161. The van der Waals surface area contributed by atoms with E-state index >= 15 is 0 Å². The first-order valence-electron chi connectivity index (χ1n) is 12.5. The molecule has 4 rings (SSSR count). The summed E-state index contributed by atoms with van der Waals surface area (Å²) >= 11 is 0. The van der Waals surface area contributed by atoms with E-state index in [0.717, 1.165) is 30.0 Å². The lowest BCUT2D eigenvalue weighted by atomic mass is 9.97. The number of rotatable bonds is 10. The van der Waals surface area contributed by atoms with E-state index in [4.69, 9.17) is 0 Å². The standard InChI is InChI=1S/C31H20F10O2/c1-2-3-17-4-6-18(7-5-17)19-8-10-22(24(32)12-19)20-9-11-23(25(33)13-20)31(40,41)42-21-14-26(34)29(27(35)15-21)43-30(38,39)16-28(36)37/h4-16H,2-3H2,1H3. The Morgan fingerprint density at radius 1 is 0.674 bits per heavy atom. The summed E-state index contributed by atoms with van der Waals surface area (Å²) in [6.07, 6.45) is -11.5. The maximum atomic E-state index is 15.0. The van der Waals surface area contributed by atoms with Crippen molar-refractivity contribution in [1.29, 1.82) is 0 Å². The molecule has 0 amide bonds. The molecule has 0 atom stereocenters. The number of halogens is 10. The van der Waals surface area contributed by atoms with E-state index in [1.54, 1.807) is 6.07 Å². The normalized spacial score (nSPS) is 11.8. The molecule has 0 bridgehead atoms. The zero-order valence-electron chi connectivity index (χ0n) is 22.0. The van der Waals surface area contributed by atoms with Crippen molar-refractivity contribution in [3.63, 3.8) is 0 Å². The lowest BCUT2D eigenvalue weighted by Gasteiger charge is -2.20. The Morgan fingerprint density at radius 2 is 1.26 bits per heavy atom. The van der Waals surface area contributed by atoms with Crippen LogP contribution in [-0.4, -0.2) is 6.11 Å². The molecule has 0 unspecified atom stereocenters. The summed E-state index contributed by atoms with van der Waals surface area (Å²) in [6.45, 7) is 2.04. The van der Waals surface area contributed by atoms with E-state index in [1.807, 2.05) is 31.2 Å². The van der Waals surface area contributed by atoms with Gasteiger partial charge in [-0.05, 0) is 46.9 Å². The Balaban J connectivity index is 1.55. The number of hydrogen-bond acceptors (Lipinski definition) is 2. The molecule has 2 nitrogen and oxygen atoms in total. The van der Waals surface area contributed by atoms with E-state index in [0.29, 0.717) is 17.7 Å². The van der Waals surface area contributed by atoms with Gasteiger partial charge < -0.3 is 9.47 Å². The summed E-state index contributed by atoms with van der Waals surface area (Å²) in [5, 5.41) is 0. The van der Waals surface area contributed by atoms with Crippen molar-refractivity contribution in [3.8, 4) is 33.8 Å². The fourth-order valence-electron chi connectivity index (χ4n) is 4.19. The quantitative estimate of drug-likeness (QED) is 0.166. The molecular formula is C31H20F10O2. The number of aryl methyl sites for hydroxylation is 1. The number of ether oxygens (including phenoxy) is 2. The van der Waals surface area contributed by atoms with Crippen LogP contribution in [0.3, 0.4) is 0 Å². The van der Waals surface area contributed by atoms with Gasteiger partial charge in [0.15, 0.2) is 17.4 Å². The first-order valence-corrected chi connectivity index (χ1v) is 12.5. The van der Waals surface area contributed by atoms with E-state index < -0.39 is 64.7 Å². The molecule has 43 heavy (non-hydrogen) atoms. The first kappa shape index (κ1) is 31.5. The SMILES string of the molecule is CCCc1ccc(-c2ccc(-c3ccc(C(F)(F)Oc4cc(F)c(OC(F)(F)C=C(F)F)c(F)c4)c(F)c3)c(F)c2)cc1.